The fourth-order valence-corrected chi connectivity index (χ4v) is 6.35. The molecule has 4 aromatic rings. The first-order valence-electron chi connectivity index (χ1n) is 13.9. The Morgan fingerprint density at radius 2 is 1.90 bits per heavy atom. The molecule has 4 amide bonds. The van der Waals surface area contributed by atoms with E-state index in [9.17, 15) is 14.4 Å². The highest BCUT2D eigenvalue weighted by Crippen LogP contribution is 2.45. The zero-order chi connectivity index (χ0) is 28.1. The number of imide groups is 1. The van der Waals surface area contributed by atoms with E-state index >= 15 is 0 Å². The number of H-pyrrole nitrogens is 1. The number of nitrogens with zero attached hydrogens (tertiary/aromatic N) is 2. The molecule has 3 atom stereocenters. The molecule has 7 rings (SSSR count). The second-order valence-corrected chi connectivity index (χ2v) is 10.7. The molecule has 9 nitrogen and oxygen atoms in total. The van der Waals surface area contributed by atoms with Crippen molar-refractivity contribution in [3.8, 4) is 5.75 Å². The van der Waals surface area contributed by atoms with E-state index in [1.807, 2.05) is 48.5 Å². The van der Waals surface area contributed by atoms with E-state index in [1.54, 1.807) is 36.3 Å². The predicted molar refractivity (Wildman–Crippen MR) is 153 cm³/mol. The van der Waals surface area contributed by atoms with Crippen LogP contribution in [0, 0.1) is 0 Å². The SMILES string of the molecule is COc1cccc([C@H]2c3[nH]c4ccccc4c3C[C@H]3C(=O)N(c4ccc(C(=O)NC[C@@H]5CCCO5)cc4)C(=O)N23)c1. The maximum absolute atomic E-state index is 14.1. The number of rotatable bonds is 6. The number of nitrogens with one attached hydrogen (secondary N) is 2. The topological polar surface area (TPSA) is 104 Å². The van der Waals surface area contributed by atoms with Gasteiger partial charge in [0.05, 0.1) is 18.9 Å². The summed E-state index contributed by atoms with van der Waals surface area (Å²) in [4.78, 5) is 47.1. The maximum Gasteiger partial charge on any atom is 0.332 e. The van der Waals surface area contributed by atoms with Gasteiger partial charge in [0, 0.05) is 41.7 Å². The number of benzene rings is 3. The Labute approximate surface area is 237 Å². The van der Waals surface area contributed by atoms with Crippen molar-refractivity contribution in [3.05, 3.63) is 95.2 Å². The number of ether oxygens (including phenoxy) is 2. The molecule has 208 valence electrons. The summed E-state index contributed by atoms with van der Waals surface area (Å²) < 4.78 is 11.1. The van der Waals surface area contributed by atoms with Gasteiger partial charge in [-0.25, -0.2) is 9.69 Å². The van der Waals surface area contributed by atoms with E-state index in [1.165, 1.54) is 4.90 Å². The Balaban J connectivity index is 1.22. The average molecular weight is 551 g/mol. The molecule has 3 aliphatic rings. The van der Waals surface area contributed by atoms with Crippen molar-refractivity contribution in [3.63, 3.8) is 0 Å². The van der Waals surface area contributed by atoms with E-state index in [0.717, 1.165) is 47.2 Å². The first-order valence-corrected chi connectivity index (χ1v) is 13.9. The third-order valence-corrected chi connectivity index (χ3v) is 8.36. The molecule has 2 saturated heterocycles. The van der Waals surface area contributed by atoms with Crippen LogP contribution in [0.1, 0.15) is 46.1 Å². The van der Waals surface area contributed by atoms with Crippen molar-refractivity contribution in [1.29, 1.82) is 0 Å². The second-order valence-electron chi connectivity index (χ2n) is 10.7. The quantitative estimate of drug-likeness (QED) is 0.343. The van der Waals surface area contributed by atoms with Crippen LogP contribution in [0.5, 0.6) is 5.75 Å². The van der Waals surface area contributed by atoms with Gasteiger partial charge in [0.1, 0.15) is 17.8 Å². The normalized spacial score (nSPS) is 21.7. The van der Waals surface area contributed by atoms with Crippen molar-refractivity contribution in [2.75, 3.05) is 25.2 Å². The van der Waals surface area contributed by atoms with Crippen LogP contribution in [-0.4, -0.2) is 60.1 Å². The van der Waals surface area contributed by atoms with Crippen molar-refractivity contribution in [2.45, 2.75) is 37.5 Å². The summed E-state index contributed by atoms with van der Waals surface area (Å²) in [5.41, 5.74) is 4.65. The number of carbonyl (C=O) groups is 3. The molecule has 2 fully saturated rings. The number of hydrogen-bond acceptors (Lipinski definition) is 5. The van der Waals surface area contributed by atoms with Gasteiger partial charge in [0.15, 0.2) is 0 Å². The summed E-state index contributed by atoms with van der Waals surface area (Å²) in [6.45, 7) is 1.19. The van der Waals surface area contributed by atoms with Gasteiger partial charge in [0.2, 0.25) is 0 Å². The second kappa shape index (κ2) is 10.1. The van der Waals surface area contributed by atoms with Crippen LogP contribution in [0.2, 0.25) is 0 Å². The lowest BCUT2D eigenvalue weighted by molar-refractivity contribution is -0.120. The molecule has 0 spiro atoms. The Hall–Kier alpha value is -4.63. The van der Waals surface area contributed by atoms with Gasteiger partial charge in [0.25, 0.3) is 11.8 Å². The molecule has 4 heterocycles. The zero-order valence-electron chi connectivity index (χ0n) is 22.6. The summed E-state index contributed by atoms with van der Waals surface area (Å²) in [7, 11) is 1.61. The average Bonchev–Trinajstić information content (AvgIpc) is 3.72. The van der Waals surface area contributed by atoms with Crippen molar-refractivity contribution < 1.29 is 23.9 Å². The predicted octanol–water partition coefficient (Wildman–Crippen LogP) is 4.57. The van der Waals surface area contributed by atoms with Gasteiger partial charge in [-0.1, -0.05) is 30.3 Å². The van der Waals surface area contributed by atoms with Crippen molar-refractivity contribution in [1.82, 2.24) is 15.2 Å². The van der Waals surface area contributed by atoms with Crippen LogP contribution in [0.15, 0.2) is 72.8 Å². The molecule has 3 aliphatic heterocycles. The number of methoxy groups -OCH3 is 1. The molecule has 0 unspecified atom stereocenters. The molecule has 3 aromatic carbocycles. The Bertz CT molecular complexity index is 1660. The van der Waals surface area contributed by atoms with E-state index in [4.69, 9.17) is 9.47 Å². The minimum Gasteiger partial charge on any atom is -0.497 e. The number of hydrogen-bond donors (Lipinski definition) is 2. The summed E-state index contributed by atoms with van der Waals surface area (Å²) in [5, 5.41) is 3.96. The van der Waals surface area contributed by atoms with Gasteiger partial charge >= 0.3 is 6.03 Å². The highest BCUT2D eigenvalue weighted by atomic mass is 16.5. The van der Waals surface area contributed by atoms with Crippen LogP contribution in [-0.2, 0) is 16.0 Å². The zero-order valence-corrected chi connectivity index (χ0v) is 22.6. The molecule has 41 heavy (non-hydrogen) atoms. The lowest BCUT2D eigenvalue weighted by Gasteiger charge is -2.36. The molecular weight excluding hydrogens is 520 g/mol. The lowest BCUT2D eigenvalue weighted by atomic mass is 9.89. The highest BCUT2D eigenvalue weighted by Gasteiger charge is 2.53. The largest absolute Gasteiger partial charge is 0.497 e. The molecule has 9 heteroatoms. The van der Waals surface area contributed by atoms with Gasteiger partial charge in [-0.3, -0.25) is 14.5 Å². The Kier molecular flexibility index (Phi) is 6.23. The van der Waals surface area contributed by atoms with Crippen molar-refractivity contribution in [2.24, 2.45) is 0 Å². The third kappa shape index (κ3) is 4.24. The molecule has 1 aromatic heterocycles. The maximum atomic E-state index is 14.1. The Morgan fingerprint density at radius 3 is 2.68 bits per heavy atom. The number of fused-ring (bicyclic) bond motifs is 4. The number of anilines is 1. The summed E-state index contributed by atoms with van der Waals surface area (Å²) >= 11 is 0. The summed E-state index contributed by atoms with van der Waals surface area (Å²) in [5.74, 6) is 0.173. The van der Waals surface area contributed by atoms with Crippen LogP contribution < -0.4 is 15.0 Å². The van der Waals surface area contributed by atoms with Gasteiger partial charge in [-0.15, -0.1) is 0 Å². The van der Waals surface area contributed by atoms with Crippen LogP contribution in [0.25, 0.3) is 10.9 Å². The van der Waals surface area contributed by atoms with Crippen LogP contribution >= 0.6 is 0 Å². The molecular formula is C32H30N4O5. The fourth-order valence-electron chi connectivity index (χ4n) is 6.35. The van der Waals surface area contributed by atoms with Crippen LogP contribution in [0.4, 0.5) is 10.5 Å². The van der Waals surface area contributed by atoms with E-state index < -0.39 is 18.1 Å². The first kappa shape index (κ1) is 25.3. The van der Waals surface area contributed by atoms with Gasteiger partial charge in [-0.2, -0.15) is 0 Å². The molecule has 0 radical (unpaired) electrons. The third-order valence-electron chi connectivity index (χ3n) is 8.36. The summed E-state index contributed by atoms with van der Waals surface area (Å²) in [6.07, 6.45) is 2.39. The molecule has 0 saturated carbocycles. The Morgan fingerprint density at radius 1 is 1.07 bits per heavy atom. The monoisotopic (exact) mass is 550 g/mol. The summed E-state index contributed by atoms with van der Waals surface area (Å²) in [6, 6.07) is 20.7. The van der Waals surface area contributed by atoms with E-state index in [0.29, 0.717) is 30.0 Å². The standard InChI is InChI=1S/C32H30N4O5/c1-40-22-7-4-6-20(16-22)29-28-25(24-9-2-3-10-26(24)34-28)17-27-31(38)35(32(39)36(27)29)21-13-11-19(12-14-21)30(37)33-18-23-8-5-15-41-23/h2-4,6-7,9-14,16,23,27,29,34H,5,8,15,17-18H2,1H3,(H,33,37)/t23-,27-,29-/m0/s1. The molecule has 2 N–H and O–H groups in total. The number of urea groups is 1. The van der Waals surface area contributed by atoms with E-state index in [-0.39, 0.29) is 17.9 Å². The first-order chi connectivity index (χ1) is 20.0. The fraction of sp³-hybridized carbons (Fsp3) is 0.281. The number of amides is 4. The van der Waals surface area contributed by atoms with Gasteiger partial charge < -0.3 is 19.8 Å². The van der Waals surface area contributed by atoms with E-state index in [2.05, 4.69) is 10.3 Å². The van der Waals surface area contributed by atoms with Crippen LogP contribution in [0.3, 0.4) is 0 Å². The minimum absolute atomic E-state index is 0.0460. The highest BCUT2D eigenvalue weighted by molar-refractivity contribution is 6.22. The minimum atomic E-state index is -0.667. The van der Waals surface area contributed by atoms with Crippen molar-refractivity contribution >= 4 is 34.4 Å². The smallest absolute Gasteiger partial charge is 0.332 e. The molecule has 0 bridgehead atoms. The molecule has 0 aliphatic carbocycles. The number of aromatic amines is 1. The lowest BCUT2D eigenvalue weighted by Crippen LogP contribution is -2.44. The number of carbonyl (C=O) groups excluding carboxylic acids is 3. The van der Waals surface area contributed by atoms with Gasteiger partial charge in [-0.05, 0) is 66.4 Å². The number of aromatic nitrogens is 1. The number of para-hydroxylation sites is 1.